The van der Waals surface area contributed by atoms with Gasteiger partial charge >= 0.3 is 0 Å². The third kappa shape index (κ3) is 4.03. The Hall–Kier alpha value is -0.930. The van der Waals surface area contributed by atoms with Crippen molar-refractivity contribution in [2.24, 2.45) is 0 Å². The van der Waals surface area contributed by atoms with E-state index in [2.05, 4.69) is 50.9 Å². The molecule has 2 rings (SSSR count). The zero-order valence-corrected chi connectivity index (χ0v) is 14.5. The first kappa shape index (κ1) is 15.5. The number of carbonyl (C=O) groups excluding carboxylic acids is 1. The van der Waals surface area contributed by atoms with Crippen molar-refractivity contribution < 1.29 is 4.79 Å². The van der Waals surface area contributed by atoms with Crippen LogP contribution in [0, 0.1) is 0 Å². The lowest BCUT2D eigenvalue weighted by atomic mass is 10.0. The highest BCUT2D eigenvalue weighted by Crippen LogP contribution is 2.22. The Kier molecular flexibility index (Phi) is 5.55. The number of benzene rings is 2. The molecule has 0 aliphatic heterocycles. The second-order valence-corrected chi connectivity index (χ2v) is 6.62. The van der Waals surface area contributed by atoms with Crippen LogP contribution >= 0.6 is 31.9 Å². The van der Waals surface area contributed by atoms with Crippen LogP contribution in [0.3, 0.4) is 0 Å². The van der Waals surface area contributed by atoms with Gasteiger partial charge < -0.3 is 0 Å². The Balaban J connectivity index is 2.20. The quantitative estimate of drug-likeness (QED) is 0.586. The van der Waals surface area contributed by atoms with Gasteiger partial charge in [-0.2, -0.15) is 0 Å². The van der Waals surface area contributed by atoms with Crippen molar-refractivity contribution in [2.45, 2.75) is 26.2 Å². The molecule has 0 spiro atoms. The second-order valence-electron chi connectivity index (χ2n) is 4.79. The SMILES string of the molecule is CCCCc1ccc(C(=O)c2cc(Br)cc(Br)c2)cc1. The van der Waals surface area contributed by atoms with E-state index < -0.39 is 0 Å². The zero-order chi connectivity index (χ0) is 14.5. The molecule has 0 amide bonds. The van der Waals surface area contributed by atoms with E-state index in [1.807, 2.05) is 30.3 Å². The Morgan fingerprint density at radius 3 is 2.10 bits per heavy atom. The number of halogens is 2. The fourth-order valence-corrected chi connectivity index (χ4v) is 3.35. The molecule has 0 saturated heterocycles. The molecule has 2 aromatic rings. The average Bonchev–Trinajstić information content (AvgIpc) is 2.44. The second kappa shape index (κ2) is 7.19. The van der Waals surface area contributed by atoms with E-state index in [1.165, 1.54) is 18.4 Å². The minimum absolute atomic E-state index is 0.0500. The maximum atomic E-state index is 12.4. The van der Waals surface area contributed by atoms with Gasteiger partial charge in [0.1, 0.15) is 0 Å². The van der Waals surface area contributed by atoms with Crippen molar-refractivity contribution in [1.29, 1.82) is 0 Å². The van der Waals surface area contributed by atoms with E-state index in [9.17, 15) is 4.79 Å². The van der Waals surface area contributed by atoms with Crippen molar-refractivity contribution in [3.8, 4) is 0 Å². The third-order valence-corrected chi connectivity index (χ3v) is 4.08. The average molecular weight is 396 g/mol. The fourth-order valence-electron chi connectivity index (χ4n) is 2.06. The van der Waals surface area contributed by atoms with Gasteiger partial charge in [0.05, 0.1) is 0 Å². The van der Waals surface area contributed by atoms with Gasteiger partial charge in [-0.25, -0.2) is 0 Å². The van der Waals surface area contributed by atoms with E-state index in [0.717, 1.165) is 20.9 Å². The molecule has 2 aromatic carbocycles. The van der Waals surface area contributed by atoms with Gasteiger partial charge in [0, 0.05) is 20.1 Å². The maximum absolute atomic E-state index is 12.4. The van der Waals surface area contributed by atoms with Crippen molar-refractivity contribution in [3.63, 3.8) is 0 Å². The number of carbonyl (C=O) groups is 1. The summed E-state index contributed by atoms with van der Waals surface area (Å²) in [4.78, 5) is 12.4. The fraction of sp³-hybridized carbons (Fsp3) is 0.235. The van der Waals surface area contributed by atoms with Crippen LogP contribution in [0.2, 0.25) is 0 Å². The molecule has 104 valence electrons. The minimum atomic E-state index is 0.0500. The molecule has 0 saturated carbocycles. The number of unbranched alkanes of at least 4 members (excludes halogenated alkanes) is 1. The topological polar surface area (TPSA) is 17.1 Å². The van der Waals surface area contributed by atoms with E-state index >= 15 is 0 Å². The van der Waals surface area contributed by atoms with Gasteiger partial charge in [-0.3, -0.25) is 4.79 Å². The smallest absolute Gasteiger partial charge is 0.193 e. The maximum Gasteiger partial charge on any atom is 0.193 e. The Morgan fingerprint density at radius 1 is 0.950 bits per heavy atom. The molecule has 0 bridgehead atoms. The Labute approximate surface area is 136 Å². The molecule has 0 heterocycles. The molecule has 0 radical (unpaired) electrons. The highest BCUT2D eigenvalue weighted by molar-refractivity contribution is 9.11. The molecule has 3 heteroatoms. The van der Waals surface area contributed by atoms with Gasteiger partial charge in [0.15, 0.2) is 5.78 Å². The van der Waals surface area contributed by atoms with Crippen molar-refractivity contribution in [1.82, 2.24) is 0 Å². The zero-order valence-electron chi connectivity index (χ0n) is 11.3. The highest BCUT2D eigenvalue weighted by Gasteiger charge is 2.10. The standard InChI is InChI=1S/C17H16Br2O/c1-2-3-4-12-5-7-13(8-6-12)17(20)14-9-15(18)11-16(19)10-14/h5-11H,2-4H2,1H3. The highest BCUT2D eigenvalue weighted by atomic mass is 79.9. The summed E-state index contributed by atoms with van der Waals surface area (Å²) in [6.07, 6.45) is 3.45. The van der Waals surface area contributed by atoms with E-state index in [1.54, 1.807) is 0 Å². The van der Waals surface area contributed by atoms with Crippen molar-refractivity contribution >= 4 is 37.6 Å². The van der Waals surface area contributed by atoms with Crippen LogP contribution in [0.5, 0.6) is 0 Å². The number of aryl methyl sites for hydroxylation is 1. The summed E-state index contributed by atoms with van der Waals surface area (Å²) >= 11 is 6.82. The summed E-state index contributed by atoms with van der Waals surface area (Å²) in [5.41, 5.74) is 2.71. The van der Waals surface area contributed by atoms with Crippen LogP contribution in [0.25, 0.3) is 0 Å². The number of hydrogen-bond donors (Lipinski definition) is 0. The molecule has 0 fully saturated rings. The molecule has 1 nitrogen and oxygen atoms in total. The molecule has 0 aromatic heterocycles. The Bertz CT molecular complexity index is 583. The molecule has 0 atom stereocenters. The predicted octanol–water partition coefficient (Wildman–Crippen LogP) is 5.79. The first-order valence-electron chi connectivity index (χ1n) is 6.70. The van der Waals surface area contributed by atoms with Gasteiger partial charge in [0.25, 0.3) is 0 Å². The summed E-state index contributed by atoms with van der Waals surface area (Å²) in [5.74, 6) is 0.0500. The van der Waals surface area contributed by atoms with Gasteiger partial charge in [-0.1, -0.05) is 69.5 Å². The van der Waals surface area contributed by atoms with Crippen molar-refractivity contribution in [3.05, 3.63) is 68.1 Å². The molecule has 0 unspecified atom stereocenters. The summed E-state index contributed by atoms with van der Waals surface area (Å²) in [5, 5.41) is 0. The van der Waals surface area contributed by atoms with Gasteiger partial charge in [-0.15, -0.1) is 0 Å². The lowest BCUT2D eigenvalue weighted by Gasteiger charge is -2.05. The van der Waals surface area contributed by atoms with E-state index in [4.69, 9.17) is 0 Å². The number of ketones is 1. The van der Waals surface area contributed by atoms with Crippen LogP contribution in [0.15, 0.2) is 51.4 Å². The first-order valence-corrected chi connectivity index (χ1v) is 8.28. The summed E-state index contributed by atoms with van der Waals surface area (Å²) < 4.78 is 1.80. The number of hydrogen-bond acceptors (Lipinski definition) is 1. The minimum Gasteiger partial charge on any atom is -0.289 e. The van der Waals surface area contributed by atoms with Crippen LogP contribution in [0.4, 0.5) is 0 Å². The predicted molar refractivity (Wildman–Crippen MR) is 90.3 cm³/mol. The normalized spacial score (nSPS) is 10.6. The molecule has 20 heavy (non-hydrogen) atoms. The van der Waals surface area contributed by atoms with E-state index in [-0.39, 0.29) is 5.78 Å². The van der Waals surface area contributed by atoms with E-state index in [0.29, 0.717) is 5.56 Å². The lowest BCUT2D eigenvalue weighted by molar-refractivity contribution is 0.103. The third-order valence-electron chi connectivity index (χ3n) is 3.16. The molecule has 0 N–H and O–H groups in total. The molecular weight excluding hydrogens is 380 g/mol. The molecular formula is C17H16Br2O. The summed E-state index contributed by atoms with van der Waals surface area (Å²) in [7, 11) is 0. The van der Waals surface area contributed by atoms with Crippen LogP contribution in [-0.2, 0) is 6.42 Å². The summed E-state index contributed by atoms with van der Waals surface area (Å²) in [6, 6.07) is 13.6. The van der Waals surface area contributed by atoms with Gasteiger partial charge in [0.2, 0.25) is 0 Å². The largest absolute Gasteiger partial charge is 0.289 e. The van der Waals surface area contributed by atoms with Crippen molar-refractivity contribution in [2.75, 3.05) is 0 Å². The molecule has 0 aliphatic rings. The molecule has 0 aliphatic carbocycles. The number of rotatable bonds is 5. The monoisotopic (exact) mass is 394 g/mol. The lowest BCUT2D eigenvalue weighted by Crippen LogP contribution is -2.01. The van der Waals surface area contributed by atoms with Crippen LogP contribution in [0.1, 0.15) is 41.3 Å². The Morgan fingerprint density at radius 2 is 1.55 bits per heavy atom. The summed E-state index contributed by atoms with van der Waals surface area (Å²) in [6.45, 7) is 2.18. The van der Waals surface area contributed by atoms with Crippen LogP contribution < -0.4 is 0 Å². The van der Waals surface area contributed by atoms with Gasteiger partial charge in [-0.05, 0) is 36.6 Å². The van der Waals surface area contributed by atoms with Crippen LogP contribution in [-0.4, -0.2) is 5.78 Å². The first-order chi connectivity index (χ1) is 9.60.